The normalized spacial score (nSPS) is 15.4. The van der Waals surface area contributed by atoms with E-state index in [9.17, 15) is 17.6 Å². The molecule has 1 aliphatic rings. The maximum atomic E-state index is 13.1. The first-order chi connectivity index (χ1) is 19.4. The molecule has 3 heterocycles. The van der Waals surface area contributed by atoms with Crippen LogP contribution in [-0.2, 0) is 11.3 Å². The van der Waals surface area contributed by atoms with E-state index in [1.807, 2.05) is 0 Å². The lowest BCUT2D eigenvalue weighted by Crippen LogP contribution is -2.20. The Morgan fingerprint density at radius 3 is 2.55 bits per heavy atom. The minimum atomic E-state index is -3.26. The Kier molecular flexibility index (Phi) is 8.60. The number of halogens is 5. The molecule has 1 saturated heterocycles. The van der Waals surface area contributed by atoms with Gasteiger partial charge in [-0.05, 0) is 54.8 Å². The molecule has 40 heavy (non-hydrogen) atoms. The van der Waals surface area contributed by atoms with Crippen molar-refractivity contribution < 1.29 is 31.8 Å². The number of tetrazole rings is 1. The lowest BCUT2D eigenvalue weighted by molar-refractivity contribution is -0.0692. The van der Waals surface area contributed by atoms with Crippen LogP contribution in [0.3, 0.4) is 0 Å². The maximum absolute atomic E-state index is 13.1. The van der Waals surface area contributed by atoms with E-state index in [0.717, 1.165) is 25.3 Å². The standard InChI is InChI=1S/C26H23ClF4N6O3/c27-20-9-10-32-14-17(20)15-36(19-7-8-21(39-25(28)29)22(13-19)40-26(30)31)18-5-3-4-16(12-18)24-33-35-37(34-24)23-6-1-2-11-38-23/h3-5,7-10,12-14,23,25-26H,1-2,6,11,15H2. The topological polar surface area (TPSA) is 87.4 Å². The molecular weight excluding hydrogens is 556 g/mol. The fourth-order valence-corrected chi connectivity index (χ4v) is 4.42. The zero-order valence-electron chi connectivity index (χ0n) is 20.8. The van der Waals surface area contributed by atoms with E-state index < -0.39 is 24.7 Å². The molecule has 1 atom stereocenters. The summed E-state index contributed by atoms with van der Waals surface area (Å²) >= 11 is 6.39. The number of aromatic nitrogens is 5. The van der Waals surface area contributed by atoms with Gasteiger partial charge in [0.25, 0.3) is 0 Å². The average Bonchev–Trinajstić information content (AvgIpc) is 3.44. The highest BCUT2D eigenvalue weighted by Crippen LogP contribution is 2.38. The van der Waals surface area contributed by atoms with Crippen molar-refractivity contribution in [3.05, 3.63) is 71.5 Å². The third kappa shape index (κ3) is 6.59. The number of pyridine rings is 1. The van der Waals surface area contributed by atoms with Gasteiger partial charge >= 0.3 is 13.2 Å². The maximum Gasteiger partial charge on any atom is 0.387 e. The van der Waals surface area contributed by atoms with E-state index in [-0.39, 0.29) is 12.8 Å². The van der Waals surface area contributed by atoms with Crippen LogP contribution in [-0.4, -0.2) is 45.0 Å². The predicted molar refractivity (Wildman–Crippen MR) is 137 cm³/mol. The van der Waals surface area contributed by atoms with Gasteiger partial charge in [0.15, 0.2) is 17.7 Å². The summed E-state index contributed by atoms with van der Waals surface area (Å²) in [6, 6.07) is 12.5. The zero-order valence-corrected chi connectivity index (χ0v) is 21.6. The number of rotatable bonds is 10. The summed E-state index contributed by atoms with van der Waals surface area (Å²) in [5.41, 5.74) is 2.18. The van der Waals surface area contributed by atoms with Crippen molar-refractivity contribution in [2.24, 2.45) is 0 Å². The van der Waals surface area contributed by atoms with Crippen LogP contribution >= 0.6 is 11.6 Å². The molecule has 0 bridgehead atoms. The second kappa shape index (κ2) is 12.5. The van der Waals surface area contributed by atoms with Crippen molar-refractivity contribution in [2.75, 3.05) is 11.5 Å². The number of alkyl halides is 4. The van der Waals surface area contributed by atoms with E-state index in [2.05, 4.69) is 29.9 Å². The summed E-state index contributed by atoms with van der Waals surface area (Å²) in [6.45, 7) is -5.72. The Morgan fingerprint density at radius 1 is 1.00 bits per heavy atom. The van der Waals surface area contributed by atoms with Crippen LogP contribution in [0.15, 0.2) is 60.9 Å². The summed E-state index contributed by atoms with van der Waals surface area (Å²) in [5, 5.41) is 13.2. The second-order valence-corrected chi connectivity index (χ2v) is 9.15. The van der Waals surface area contributed by atoms with Crippen LogP contribution in [0.1, 0.15) is 31.1 Å². The van der Waals surface area contributed by atoms with Crippen LogP contribution in [0, 0.1) is 0 Å². The molecule has 0 radical (unpaired) electrons. The number of benzene rings is 2. The third-order valence-electron chi connectivity index (χ3n) is 6.10. The van der Waals surface area contributed by atoms with Crippen LogP contribution < -0.4 is 14.4 Å². The molecule has 4 aromatic rings. The van der Waals surface area contributed by atoms with Gasteiger partial charge in [0.1, 0.15) is 0 Å². The molecule has 0 N–H and O–H groups in total. The van der Waals surface area contributed by atoms with Crippen molar-refractivity contribution in [3.63, 3.8) is 0 Å². The monoisotopic (exact) mass is 578 g/mol. The summed E-state index contributed by atoms with van der Waals surface area (Å²) in [5.74, 6) is -0.723. The first kappa shape index (κ1) is 27.6. The molecule has 1 unspecified atom stereocenters. The first-order valence-electron chi connectivity index (χ1n) is 12.3. The molecule has 210 valence electrons. The van der Waals surface area contributed by atoms with Crippen molar-refractivity contribution >= 4 is 23.0 Å². The summed E-state index contributed by atoms with van der Waals surface area (Å²) < 4.78 is 66.7. The minimum Gasteiger partial charge on any atom is -0.431 e. The van der Waals surface area contributed by atoms with Gasteiger partial charge in [-0.2, -0.15) is 17.6 Å². The van der Waals surface area contributed by atoms with Gasteiger partial charge in [-0.3, -0.25) is 4.98 Å². The van der Waals surface area contributed by atoms with Gasteiger partial charge in [-0.25, -0.2) is 0 Å². The molecule has 2 aromatic heterocycles. The molecule has 14 heteroatoms. The molecule has 0 spiro atoms. The number of nitrogens with zero attached hydrogens (tertiary/aromatic N) is 6. The second-order valence-electron chi connectivity index (χ2n) is 8.75. The van der Waals surface area contributed by atoms with Gasteiger partial charge in [0, 0.05) is 52.6 Å². The van der Waals surface area contributed by atoms with Gasteiger partial charge in [-0.15, -0.1) is 15.0 Å². The smallest absolute Gasteiger partial charge is 0.387 e. The fraction of sp³-hybridized carbons (Fsp3) is 0.308. The molecule has 2 aromatic carbocycles. The molecule has 5 rings (SSSR count). The van der Waals surface area contributed by atoms with E-state index >= 15 is 0 Å². The van der Waals surface area contributed by atoms with E-state index in [1.165, 1.54) is 23.1 Å². The Labute approximate surface area is 231 Å². The lowest BCUT2D eigenvalue weighted by atomic mass is 10.1. The summed E-state index contributed by atoms with van der Waals surface area (Å²) in [6.07, 6.45) is 5.58. The van der Waals surface area contributed by atoms with Crippen LogP contribution in [0.4, 0.5) is 28.9 Å². The Morgan fingerprint density at radius 2 is 1.80 bits per heavy atom. The van der Waals surface area contributed by atoms with Gasteiger partial charge in [0.05, 0.1) is 6.54 Å². The Bertz CT molecular complexity index is 1440. The molecule has 1 aliphatic heterocycles. The molecule has 1 fully saturated rings. The molecule has 9 nitrogen and oxygen atoms in total. The van der Waals surface area contributed by atoms with Crippen LogP contribution in [0.5, 0.6) is 11.5 Å². The zero-order chi connectivity index (χ0) is 28.1. The van der Waals surface area contributed by atoms with Gasteiger partial charge < -0.3 is 19.1 Å². The quantitative estimate of drug-likeness (QED) is 0.194. The largest absolute Gasteiger partial charge is 0.431 e. The number of hydrogen-bond donors (Lipinski definition) is 0. The Hall–Kier alpha value is -3.97. The summed E-state index contributed by atoms with van der Waals surface area (Å²) in [7, 11) is 0. The third-order valence-corrected chi connectivity index (χ3v) is 6.47. The molecular formula is C26H23ClF4N6O3. The highest BCUT2D eigenvalue weighted by molar-refractivity contribution is 6.31. The van der Waals surface area contributed by atoms with Crippen molar-refractivity contribution in [1.82, 2.24) is 25.2 Å². The van der Waals surface area contributed by atoms with Gasteiger partial charge in [-0.1, -0.05) is 23.7 Å². The fourth-order valence-electron chi connectivity index (χ4n) is 4.26. The highest BCUT2D eigenvalue weighted by atomic mass is 35.5. The molecule has 0 aliphatic carbocycles. The number of ether oxygens (including phenoxy) is 3. The van der Waals surface area contributed by atoms with E-state index in [4.69, 9.17) is 16.3 Å². The van der Waals surface area contributed by atoms with Crippen LogP contribution in [0.25, 0.3) is 11.4 Å². The average molecular weight is 579 g/mol. The van der Waals surface area contributed by atoms with Crippen LogP contribution in [0.2, 0.25) is 5.02 Å². The summed E-state index contributed by atoms with van der Waals surface area (Å²) in [4.78, 5) is 7.30. The number of hydrogen-bond acceptors (Lipinski definition) is 8. The lowest BCUT2D eigenvalue weighted by Gasteiger charge is -2.27. The van der Waals surface area contributed by atoms with Gasteiger partial charge in [0.2, 0.25) is 5.82 Å². The SMILES string of the molecule is FC(F)Oc1ccc(N(Cc2cnccc2Cl)c2cccc(-c3nnn(C4CCCCO4)n3)c2)cc1OC(F)F. The number of anilines is 2. The van der Waals surface area contributed by atoms with E-state index in [0.29, 0.717) is 40.0 Å². The highest BCUT2D eigenvalue weighted by Gasteiger charge is 2.22. The first-order valence-corrected chi connectivity index (χ1v) is 12.7. The van der Waals surface area contributed by atoms with Crippen molar-refractivity contribution in [1.29, 1.82) is 0 Å². The molecule has 0 saturated carbocycles. The minimum absolute atomic E-state index is 0.148. The van der Waals surface area contributed by atoms with E-state index in [1.54, 1.807) is 41.4 Å². The molecule has 0 amide bonds. The Balaban J connectivity index is 1.53. The van der Waals surface area contributed by atoms with Crippen molar-refractivity contribution in [2.45, 2.75) is 45.3 Å². The van der Waals surface area contributed by atoms with Crippen molar-refractivity contribution in [3.8, 4) is 22.9 Å². The predicted octanol–water partition coefficient (Wildman–Crippen LogP) is 6.63.